The van der Waals surface area contributed by atoms with Crippen molar-refractivity contribution in [2.45, 2.75) is 13.5 Å². The van der Waals surface area contributed by atoms with Crippen molar-refractivity contribution in [2.24, 2.45) is 0 Å². The Morgan fingerprint density at radius 3 is 2.67 bits per heavy atom. The molecule has 0 aliphatic rings. The molecule has 5 heteroatoms. The first kappa shape index (κ1) is 15.9. The van der Waals surface area contributed by atoms with Crippen molar-refractivity contribution in [3.8, 4) is 11.5 Å². The smallest absolute Gasteiger partial charge is 0.244 e. The molecule has 0 spiro atoms. The molecule has 0 fully saturated rings. The number of benzene rings is 2. The number of carbonyl (C=O) groups excluding carboxylic acids is 1. The highest BCUT2D eigenvalue weighted by Gasteiger charge is 2.10. The molecule has 1 amide bonds. The van der Waals surface area contributed by atoms with E-state index in [1.54, 1.807) is 14.2 Å². The molecular weight excluding hydrogens is 304 g/mol. The van der Waals surface area contributed by atoms with Crippen LogP contribution in [-0.4, -0.2) is 24.7 Å². The molecule has 24 heavy (non-hydrogen) atoms. The van der Waals surface area contributed by atoms with Gasteiger partial charge >= 0.3 is 0 Å². The van der Waals surface area contributed by atoms with E-state index >= 15 is 0 Å². The highest BCUT2D eigenvalue weighted by molar-refractivity contribution is 5.93. The van der Waals surface area contributed by atoms with E-state index in [0.717, 1.165) is 22.2 Å². The summed E-state index contributed by atoms with van der Waals surface area (Å²) in [6.07, 6.45) is 1.90. The quantitative estimate of drug-likeness (QED) is 0.780. The van der Waals surface area contributed by atoms with Crippen LogP contribution < -0.4 is 14.8 Å². The fraction of sp³-hybridized carbons (Fsp3) is 0.211. The summed E-state index contributed by atoms with van der Waals surface area (Å²) in [5.74, 6) is 1.34. The predicted molar refractivity (Wildman–Crippen MR) is 94.9 cm³/mol. The summed E-state index contributed by atoms with van der Waals surface area (Å²) in [4.78, 5) is 12.4. The zero-order valence-corrected chi connectivity index (χ0v) is 14.0. The second-order valence-corrected chi connectivity index (χ2v) is 5.62. The number of aryl methyl sites for hydroxylation is 1. The third-order valence-electron chi connectivity index (χ3n) is 3.92. The van der Waals surface area contributed by atoms with Crippen LogP contribution in [0.4, 0.5) is 5.69 Å². The Morgan fingerprint density at radius 1 is 1.08 bits per heavy atom. The average molecular weight is 324 g/mol. The van der Waals surface area contributed by atoms with Gasteiger partial charge in [0.15, 0.2) is 0 Å². The number of ether oxygens (including phenoxy) is 2. The van der Waals surface area contributed by atoms with Gasteiger partial charge in [0.05, 0.1) is 19.9 Å². The molecule has 1 heterocycles. The standard InChI is InChI=1S/C19H20N2O3/c1-13-4-7-18(24-3)16(10-13)20-19(22)12-21-9-8-14-11-15(23-2)5-6-17(14)21/h4-11H,12H2,1-3H3,(H,20,22). The summed E-state index contributed by atoms with van der Waals surface area (Å²) in [5.41, 5.74) is 2.73. The number of carbonyl (C=O) groups is 1. The van der Waals surface area contributed by atoms with Crippen LogP contribution in [0.3, 0.4) is 0 Å². The molecule has 1 N–H and O–H groups in total. The lowest BCUT2D eigenvalue weighted by molar-refractivity contribution is -0.116. The maximum atomic E-state index is 12.4. The first-order chi connectivity index (χ1) is 11.6. The van der Waals surface area contributed by atoms with Crippen LogP contribution in [0.25, 0.3) is 10.9 Å². The molecule has 0 radical (unpaired) electrons. The zero-order valence-electron chi connectivity index (χ0n) is 14.0. The molecule has 0 aliphatic heterocycles. The van der Waals surface area contributed by atoms with E-state index in [0.29, 0.717) is 11.4 Å². The summed E-state index contributed by atoms with van der Waals surface area (Å²) in [5, 5.41) is 3.96. The van der Waals surface area contributed by atoms with E-state index in [1.165, 1.54) is 0 Å². The fourth-order valence-corrected chi connectivity index (χ4v) is 2.71. The van der Waals surface area contributed by atoms with Gasteiger partial charge in [0.1, 0.15) is 18.0 Å². The van der Waals surface area contributed by atoms with Crippen LogP contribution in [0.2, 0.25) is 0 Å². The van der Waals surface area contributed by atoms with E-state index in [4.69, 9.17) is 9.47 Å². The van der Waals surface area contributed by atoms with Crippen molar-refractivity contribution in [2.75, 3.05) is 19.5 Å². The first-order valence-electron chi connectivity index (χ1n) is 7.68. The number of nitrogens with one attached hydrogen (secondary N) is 1. The molecule has 1 aromatic heterocycles. The predicted octanol–water partition coefficient (Wildman–Crippen LogP) is 3.61. The summed E-state index contributed by atoms with van der Waals surface area (Å²) in [6, 6.07) is 13.5. The van der Waals surface area contributed by atoms with Gasteiger partial charge in [0, 0.05) is 17.1 Å². The molecule has 3 rings (SSSR count). The van der Waals surface area contributed by atoms with E-state index in [-0.39, 0.29) is 12.5 Å². The van der Waals surface area contributed by atoms with Crippen molar-refractivity contribution in [3.05, 3.63) is 54.2 Å². The fourth-order valence-electron chi connectivity index (χ4n) is 2.71. The van der Waals surface area contributed by atoms with Crippen molar-refractivity contribution in [1.82, 2.24) is 4.57 Å². The van der Waals surface area contributed by atoms with Crippen LogP contribution >= 0.6 is 0 Å². The second-order valence-electron chi connectivity index (χ2n) is 5.62. The van der Waals surface area contributed by atoms with Gasteiger partial charge in [0.25, 0.3) is 0 Å². The number of methoxy groups -OCH3 is 2. The van der Waals surface area contributed by atoms with Crippen LogP contribution in [0.1, 0.15) is 5.56 Å². The number of hydrogen-bond donors (Lipinski definition) is 1. The van der Waals surface area contributed by atoms with Crippen LogP contribution in [0.15, 0.2) is 48.7 Å². The third kappa shape index (κ3) is 3.20. The number of rotatable bonds is 5. The number of amides is 1. The maximum Gasteiger partial charge on any atom is 0.244 e. The normalized spacial score (nSPS) is 10.6. The summed E-state index contributed by atoms with van der Waals surface area (Å²) in [6.45, 7) is 2.20. The van der Waals surface area contributed by atoms with Crippen molar-refractivity contribution in [1.29, 1.82) is 0 Å². The molecule has 0 atom stereocenters. The van der Waals surface area contributed by atoms with Crippen LogP contribution in [-0.2, 0) is 11.3 Å². The van der Waals surface area contributed by atoms with E-state index in [2.05, 4.69) is 5.32 Å². The number of fused-ring (bicyclic) bond motifs is 1. The topological polar surface area (TPSA) is 52.5 Å². The van der Waals surface area contributed by atoms with Crippen molar-refractivity contribution >= 4 is 22.5 Å². The number of aromatic nitrogens is 1. The third-order valence-corrected chi connectivity index (χ3v) is 3.92. The Kier molecular flexibility index (Phi) is 4.42. The molecule has 0 aliphatic carbocycles. The SMILES string of the molecule is COc1ccc2c(ccn2CC(=O)Nc2cc(C)ccc2OC)c1. The van der Waals surface area contributed by atoms with Gasteiger partial charge in [-0.15, -0.1) is 0 Å². The maximum absolute atomic E-state index is 12.4. The van der Waals surface area contributed by atoms with Crippen LogP contribution in [0.5, 0.6) is 11.5 Å². The van der Waals surface area contributed by atoms with E-state index < -0.39 is 0 Å². The monoisotopic (exact) mass is 324 g/mol. The molecule has 0 saturated heterocycles. The Bertz CT molecular complexity index is 883. The van der Waals surface area contributed by atoms with Gasteiger partial charge < -0.3 is 19.4 Å². The minimum absolute atomic E-state index is 0.104. The Hall–Kier alpha value is -2.95. The highest BCUT2D eigenvalue weighted by Crippen LogP contribution is 2.26. The highest BCUT2D eigenvalue weighted by atomic mass is 16.5. The lowest BCUT2D eigenvalue weighted by atomic mass is 10.2. The van der Waals surface area contributed by atoms with Crippen molar-refractivity contribution in [3.63, 3.8) is 0 Å². The van der Waals surface area contributed by atoms with Gasteiger partial charge in [-0.05, 0) is 48.9 Å². The molecule has 0 saturated carbocycles. The van der Waals surface area contributed by atoms with Gasteiger partial charge in [-0.2, -0.15) is 0 Å². The van der Waals surface area contributed by atoms with Crippen LogP contribution in [0, 0.1) is 6.92 Å². The lowest BCUT2D eigenvalue weighted by Crippen LogP contribution is -2.18. The summed E-state index contributed by atoms with van der Waals surface area (Å²) < 4.78 is 12.4. The molecule has 0 bridgehead atoms. The van der Waals surface area contributed by atoms with Crippen molar-refractivity contribution < 1.29 is 14.3 Å². The minimum atomic E-state index is -0.104. The summed E-state index contributed by atoms with van der Waals surface area (Å²) >= 11 is 0. The first-order valence-corrected chi connectivity index (χ1v) is 7.68. The number of nitrogens with zero attached hydrogens (tertiary/aromatic N) is 1. The minimum Gasteiger partial charge on any atom is -0.497 e. The zero-order chi connectivity index (χ0) is 17.1. The van der Waals surface area contributed by atoms with Gasteiger partial charge in [-0.3, -0.25) is 4.79 Å². The molecule has 5 nitrogen and oxygen atoms in total. The van der Waals surface area contributed by atoms with Gasteiger partial charge in [0.2, 0.25) is 5.91 Å². The van der Waals surface area contributed by atoms with E-state index in [9.17, 15) is 4.79 Å². The number of anilines is 1. The Labute approximate surface area is 140 Å². The Morgan fingerprint density at radius 2 is 1.92 bits per heavy atom. The largest absolute Gasteiger partial charge is 0.497 e. The molecular formula is C19H20N2O3. The second kappa shape index (κ2) is 6.66. The van der Waals surface area contributed by atoms with Gasteiger partial charge in [-0.1, -0.05) is 6.07 Å². The molecule has 0 unspecified atom stereocenters. The average Bonchev–Trinajstić information content (AvgIpc) is 2.97. The molecule has 2 aromatic carbocycles. The summed E-state index contributed by atoms with van der Waals surface area (Å²) in [7, 11) is 3.23. The molecule has 3 aromatic rings. The lowest BCUT2D eigenvalue weighted by Gasteiger charge is -2.12. The Balaban J connectivity index is 1.79. The molecule has 124 valence electrons. The van der Waals surface area contributed by atoms with Gasteiger partial charge in [-0.25, -0.2) is 0 Å². The number of hydrogen-bond acceptors (Lipinski definition) is 3. The van der Waals surface area contributed by atoms with E-state index in [1.807, 2.05) is 60.2 Å².